The minimum atomic E-state index is 0.0199. The summed E-state index contributed by atoms with van der Waals surface area (Å²) in [5, 5.41) is 0. The lowest BCUT2D eigenvalue weighted by Gasteiger charge is -2.05. The summed E-state index contributed by atoms with van der Waals surface area (Å²) >= 11 is 0. The molecule has 0 saturated carbocycles. The van der Waals surface area contributed by atoms with Crippen LogP contribution in [-0.4, -0.2) is 29.1 Å². The zero-order valence-electron chi connectivity index (χ0n) is 10.8. The fourth-order valence-corrected chi connectivity index (χ4v) is 1.63. The van der Waals surface area contributed by atoms with E-state index >= 15 is 0 Å². The smallest absolute Gasteiger partial charge is 0.178 e. The van der Waals surface area contributed by atoms with E-state index in [-0.39, 0.29) is 12.4 Å². The second kappa shape index (κ2) is 6.70. The van der Waals surface area contributed by atoms with Crippen molar-refractivity contribution in [3.63, 3.8) is 0 Å². The summed E-state index contributed by atoms with van der Waals surface area (Å²) in [5.74, 6) is 0.825. The molecule has 0 bridgehead atoms. The Labute approximate surface area is 111 Å². The Balaban J connectivity index is 1.72. The first kappa shape index (κ1) is 13.3. The minimum absolute atomic E-state index is 0.0199. The Bertz CT molecular complexity index is 506. The molecule has 0 aliphatic carbocycles. The van der Waals surface area contributed by atoms with Crippen molar-refractivity contribution in [1.29, 1.82) is 0 Å². The molecule has 5 nitrogen and oxygen atoms in total. The van der Waals surface area contributed by atoms with E-state index in [1.807, 2.05) is 24.3 Å². The highest BCUT2D eigenvalue weighted by Crippen LogP contribution is 2.11. The molecule has 0 radical (unpaired) electrons. The number of hydrogen-bond donors (Lipinski definition) is 0. The van der Waals surface area contributed by atoms with E-state index < -0.39 is 0 Å². The van der Waals surface area contributed by atoms with Crippen LogP contribution in [0.5, 0.6) is 5.75 Å². The van der Waals surface area contributed by atoms with Gasteiger partial charge < -0.3 is 14.0 Å². The molecule has 2 aromatic rings. The molecule has 0 saturated heterocycles. The van der Waals surface area contributed by atoms with Gasteiger partial charge in [-0.1, -0.05) is 12.1 Å². The van der Waals surface area contributed by atoms with E-state index in [4.69, 9.17) is 9.47 Å². The highest BCUT2D eigenvalue weighted by atomic mass is 16.5. The molecule has 0 amide bonds. The van der Waals surface area contributed by atoms with Crippen molar-refractivity contribution in [2.45, 2.75) is 13.2 Å². The summed E-state index contributed by atoms with van der Waals surface area (Å²) in [4.78, 5) is 15.5. The van der Waals surface area contributed by atoms with Crippen LogP contribution in [0.25, 0.3) is 0 Å². The Morgan fingerprint density at radius 3 is 2.74 bits per heavy atom. The summed E-state index contributed by atoms with van der Waals surface area (Å²) in [5.41, 5.74) is 1.01. The number of Topliss-reactive ketones (excluding diaryl/α,β-unsaturated/α-hetero) is 1. The standard InChI is InChI=1S/C14H16N2O3/c1-18-14-4-2-12(3-5-14)9-19-10-13(17)8-16-7-6-15-11-16/h2-7,11H,8-10H2,1H3. The van der Waals surface area contributed by atoms with Crippen molar-refractivity contribution >= 4 is 5.78 Å². The fraction of sp³-hybridized carbons (Fsp3) is 0.286. The van der Waals surface area contributed by atoms with Gasteiger partial charge in [-0.25, -0.2) is 4.98 Å². The molecule has 5 heteroatoms. The zero-order chi connectivity index (χ0) is 13.5. The molecule has 1 aromatic heterocycles. The topological polar surface area (TPSA) is 53.4 Å². The molecule has 19 heavy (non-hydrogen) atoms. The predicted octanol–water partition coefficient (Wildman–Crippen LogP) is 1.68. The van der Waals surface area contributed by atoms with Crippen LogP contribution in [0, 0.1) is 0 Å². The van der Waals surface area contributed by atoms with Crippen molar-refractivity contribution < 1.29 is 14.3 Å². The molecular weight excluding hydrogens is 244 g/mol. The Morgan fingerprint density at radius 1 is 1.32 bits per heavy atom. The van der Waals surface area contributed by atoms with Gasteiger partial charge >= 0.3 is 0 Å². The molecular formula is C14H16N2O3. The van der Waals surface area contributed by atoms with E-state index in [2.05, 4.69) is 4.98 Å². The van der Waals surface area contributed by atoms with Gasteiger partial charge in [0.05, 0.1) is 26.6 Å². The first-order chi connectivity index (χ1) is 9.28. The van der Waals surface area contributed by atoms with Gasteiger partial charge in [-0.3, -0.25) is 4.79 Å². The fourth-order valence-electron chi connectivity index (χ4n) is 1.63. The summed E-state index contributed by atoms with van der Waals surface area (Å²) in [6.45, 7) is 0.812. The number of benzene rings is 1. The average molecular weight is 260 g/mol. The molecule has 0 N–H and O–H groups in total. The number of aromatic nitrogens is 2. The SMILES string of the molecule is COc1ccc(COCC(=O)Cn2ccnc2)cc1. The number of methoxy groups -OCH3 is 1. The lowest BCUT2D eigenvalue weighted by Crippen LogP contribution is -2.15. The van der Waals surface area contributed by atoms with Gasteiger partial charge in [0.25, 0.3) is 0 Å². The van der Waals surface area contributed by atoms with E-state index in [0.717, 1.165) is 11.3 Å². The molecule has 0 spiro atoms. The molecule has 0 atom stereocenters. The third-order valence-corrected chi connectivity index (χ3v) is 2.61. The maximum absolute atomic E-state index is 11.6. The van der Waals surface area contributed by atoms with Crippen molar-refractivity contribution in [3.05, 3.63) is 48.5 Å². The zero-order valence-corrected chi connectivity index (χ0v) is 10.8. The number of nitrogens with zero attached hydrogens (tertiary/aromatic N) is 2. The molecule has 0 unspecified atom stereocenters. The average Bonchev–Trinajstić information content (AvgIpc) is 2.92. The van der Waals surface area contributed by atoms with E-state index in [1.54, 1.807) is 30.4 Å². The van der Waals surface area contributed by atoms with E-state index in [0.29, 0.717) is 13.2 Å². The van der Waals surface area contributed by atoms with Gasteiger partial charge in [0.1, 0.15) is 12.4 Å². The third-order valence-electron chi connectivity index (χ3n) is 2.61. The molecule has 0 aliphatic rings. The van der Waals surface area contributed by atoms with Gasteiger partial charge in [0.2, 0.25) is 0 Å². The van der Waals surface area contributed by atoms with Crippen molar-refractivity contribution in [3.8, 4) is 5.75 Å². The molecule has 0 fully saturated rings. The van der Waals surface area contributed by atoms with Crippen LogP contribution in [0.3, 0.4) is 0 Å². The summed E-state index contributed by atoms with van der Waals surface area (Å²) in [6, 6.07) is 7.57. The molecule has 2 rings (SSSR count). The second-order valence-corrected chi connectivity index (χ2v) is 4.11. The van der Waals surface area contributed by atoms with Crippen molar-refractivity contribution in [2.75, 3.05) is 13.7 Å². The molecule has 0 aliphatic heterocycles. The van der Waals surface area contributed by atoms with E-state index in [1.165, 1.54) is 0 Å². The van der Waals surface area contributed by atoms with Crippen molar-refractivity contribution in [1.82, 2.24) is 9.55 Å². The number of imidazole rings is 1. The second-order valence-electron chi connectivity index (χ2n) is 4.11. The van der Waals surface area contributed by atoms with Crippen molar-refractivity contribution in [2.24, 2.45) is 0 Å². The van der Waals surface area contributed by atoms with Crippen LogP contribution >= 0.6 is 0 Å². The molecule has 100 valence electrons. The number of carbonyl (C=O) groups excluding carboxylic acids is 1. The largest absolute Gasteiger partial charge is 0.497 e. The Hall–Kier alpha value is -2.14. The monoisotopic (exact) mass is 260 g/mol. The summed E-state index contributed by atoms with van der Waals surface area (Å²) in [6.07, 6.45) is 5.01. The quantitative estimate of drug-likeness (QED) is 0.760. The van der Waals surface area contributed by atoms with Crippen LogP contribution in [0.4, 0.5) is 0 Å². The Kier molecular flexibility index (Phi) is 4.69. The third kappa shape index (κ3) is 4.22. The van der Waals surface area contributed by atoms with Gasteiger partial charge in [-0.2, -0.15) is 0 Å². The maximum atomic E-state index is 11.6. The minimum Gasteiger partial charge on any atom is -0.497 e. The molecule has 1 heterocycles. The van der Waals surface area contributed by atoms with Gasteiger partial charge in [0.15, 0.2) is 5.78 Å². The number of rotatable bonds is 7. The number of ketones is 1. The number of hydrogen-bond acceptors (Lipinski definition) is 4. The van der Waals surface area contributed by atoms with Crippen LogP contribution in [0.2, 0.25) is 0 Å². The summed E-state index contributed by atoms with van der Waals surface area (Å²) in [7, 11) is 1.63. The molecule has 1 aromatic carbocycles. The lowest BCUT2D eigenvalue weighted by molar-refractivity contribution is -0.124. The number of ether oxygens (including phenoxy) is 2. The van der Waals surface area contributed by atoms with Gasteiger partial charge in [-0.15, -0.1) is 0 Å². The number of carbonyl (C=O) groups is 1. The van der Waals surface area contributed by atoms with Crippen LogP contribution in [0.1, 0.15) is 5.56 Å². The maximum Gasteiger partial charge on any atom is 0.178 e. The van der Waals surface area contributed by atoms with E-state index in [9.17, 15) is 4.79 Å². The predicted molar refractivity (Wildman–Crippen MR) is 69.9 cm³/mol. The highest BCUT2D eigenvalue weighted by molar-refractivity contribution is 5.79. The van der Waals surface area contributed by atoms with Gasteiger partial charge in [-0.05, 0) is 17.7 Å². The Morgan fingerprint density at radius 2 is 2.11 bits per heavy atom. The summed E-state index contributed by atoms with van der Waals surface area (Å²) < 4.78 is 12.2. The van der Waals surface area contributed by atoms with Crippen LogP contribution in [0.15, 0.2) is 43.0 Å². The first-order valence-electron chi connectivity index (χ1n) is 5.96. The normalized spacial score (nSPS) is 10.4. The lowest BCUT2D eigenvalue weighted by atomic mass is 10.2. The van der Waals surface area contributed by atoms with Gasteiger partial charge in [0, 0.05) is 12.4 Å². The first-order valence-corrected chi connectivity index (χ1v) is 5.96. The highest BCUT2D eigenvalue weighted by Gasteiger charge is 2.03. The van der Waals surface area contributed by atoms with Crippen LogP contribution in [-0.2, 0) is 22.7 Å². The van der Waals surface area contributed by atoms with Crippen LogP contribution < -0.4 is 4.74 Å².